The van der Waals surface area contributed by atoms with Gasteiger partial charge < -0.3 is 10.2 Å². The summed E-state index contributed by atoms with van der Waals surface area (Å²) >= 11 is 7.85. The number of benzene rings is 1. The number of nitrogens with one attached hydrogen (secondary N) is 1. The highest BCUT2D eigenvalue weighted by Gasteiger charge is 2.27. The molecule has 1 amide bonds. The molecule has 1 N–H and O–H groups in total. The number of thioether (sulfide) groups is 1. The Morgan fingerprint density at radius 3 is 2.61 bits per heavy atom. The summed E-state index contributed by atoms with van der Waals surface area (Å²) in [6, 6.07) is 6.26. The molecule has 23 heavy (non-hydrogen) atoms. The molecule has 2 aliphatic rings. The Balaban J connectivity index is 0.00000192. The van der Waals surface area contributed by atoms with Gasteiger partial charge in [-0.2, -0.15) is 0 Å². The average Bonchev–Trinajstić information content (AvgIpc) is 3.38. The van der Waals surface area contributed by atoms with E-state index in [1.54, 1.807) is 11.8 Å². The molecule has 1 saturated carbocycles. The van der Waals surface area contributed by atoms with Gasteiger partial charge in [-0.15, -0.1) is 24.2 Å². The smallest absolute Gasteiger partial charge is 0.255 e. The molecule has 3 nitrogen and oxygen atoms in total. The lowest BCUT2D eigenvalue weighted by Gasteiger charge is -2.33. The fourth-order valence-electron chi connectivity index (χ4n) is 2.91. The lowest BCUT2D eigenvalue weighted by atomic mass is 10.0. The Labute approximate surface area is 153 Å². The molecule has 0 bridgehead atoms. The maximum Gasteiger partial charge on any atom is 0.255 e. The highest BCUT2D eigenvalue weighted by atomic mass is 35.5. The van der Waals surface area contributed by atoms with Crippen molar-refractivity contribution < 1.29 is 4.79 Å². The second-order valence-electron chi connectivity index (χ2n) is 6.26. The molecule has 0 aromatic heterocycles. The van der Waals surface area contributed by atoms with Crippen molar-refractivity contribution >= 4 is 41.7 Å². The third-order valence-electron chi connectivity index (χ3n) is 4.58. The van der Waals surface area contributed by atoms with Gasteiger partial charge in [0.25, 0.3) is 5.91 Å². The van der Waals surface area contributed by atoms with E-state index in [0.29, 0.717) is 16.6 Å². The van der Waals surface area contributed by atoms with Crippen LogP contribution in [0.25, 0.3) is 0 Å². The summed E-state index contributed by atoms with van der Waals surface area (Å²) in [7, 11) is 0. The molecule has 1 heterocycles. The Kier molecular flexibility index (Phi) is 7.08. The summed E-state index contributed by atoms with van der Waals surface area (Å²) in [5.41, 5.74) is 0.637. The number of hydrogen-bond donors (Lipinski definition) is 1. The van der Waals surface area contributed by atoms with Gasteiger partial charge in [0, 0.05) is 24.0 Å². The molecule has 1 saturated heterocycles. The lowest BCUT2D eigenvalue weighted by Crippen LogP contribution is -2.45. The van der Waals surface area contributed by atoms with Gasteiger partial charge >= 0.3 is 0 Å². The topological polar surface area (TPSA) is 32.3 Å². The first kappa shape index (κ1) is 18.9. The first-order valence-corrected chi connectivity index (χ1v) is 9.64. The molecule has 1 aromatic carbocycles. The number of nitrogens with zero attached hydrogens (tertiary/aromatic N) is 1. The van der Waals surface area contributed by atoms with Gasteiger partial charge in [0.15, 0.2) is 0 Å². The number of halogens is 2. The minimum Gasteiger partial charge on any atom is -0.338 e. The Bertz CT molecular complexity index is 543. The highest BCUT2D eigenvalue weighted by Crippen LogP contribution is 2.28. The van der Waals surface area contributed by atoms with E-state index in [9.17, 15) is 4.79 Å². The fraction of sp³-hybridized carbons (Fsp3) is 0.588. The van der Waals surface area contributed by atoms with Crippen molar-refractivity contribution in [1.29, 1.82) is 0 Å². The summed E-state index contributed by atoms with van der Waals surface area (Å²) in [5.74, 6) is 0.981. The molecule has 0 spiro atoms. The molecule has 1 aliphatic heterocycles. The summed E-state index contributed by atoms with van der Waals surface area (Å²) < 4.78 is 0. The van der Waals surface area contributed by atoms with E-state index < -0.39 is 0 Å². The van der Waals surface area contributed by atoms with E-state index in [1.807, 2.05) is 29.4 Å². The van der Waals surface area contributed by atoms with Gasteiger partial charge in [-0.25, -0.2) is 0 Å². The maximum atomic E-state index is 12.7. The van der Waals surface area contributed by atoms with E-state index >= 15 is 0 Å². The van der Waals surface area contributed by atoms with E-state index in [4.69, 9.17) is 11.6 Å². The third kappa shape index (κ3) is 5.02. The third-order valence-corrected chi connectivity index (χ3v) is 5.63. The predicted octanol–water partition coefficient (Wildman–Crippen LogP) is 4.09. The van der Waals surface area contributed by atoms with Crippen molar-refractivity contribution in [2.45, 2.75) is 36.6 Å². The molecule has 6 heteroatoms. The number of amides is 1. The van der Waals surface area contributed by atoms with E-state index in [-0.39, 0.29) is 18.3 Å². The molecule has 0 atom stereocenters. The normalized spacial score (nSPS) is 18.6. The van der Waals surface area contributed by atoms with Gasteiger partial charge in [0.05, 0.1) is 10.6 Å². The van der Waals surface area contributed by atoms with Gasteiger partial charge in [0.2, 0.25) is 0 Å². The highest BCUT2D eigenvalue weighted by molar-refractivity contribution is 7.98. The average molecular weight is 375 g/mol. The molecule has 2 fully saturated rings. The zero-order valence-corrected chi connectivity index (χ0v) is 15.8. The van der Waals surface area contributed by atoms with Crippen molar-refractivity contribution in [2.75, 3.05) is 25.9 Å². The fourth-order valence-corrected chi connectivity index (χ4v) is 3.55. The summed E-state index contributed by atoms with van der Waals surface area (Å²) in [6.45, 7) is 2.79. The van der Waals surface area contributed by atoms with Crippen LogP contribution >= 0.6 is 35.8 Å². The van der Waals surface area contributed by atoms with Crippen LogP contribution < -0.4 is 5.32 Å². The molecular weight excluding hydrogens is 351 g/mol. The predicted molar refractivity (Wildman–Crippen MR) is 100 cm³/mol. The van der Waals surface area contributed by atoms with Gasteiger partial charge in [-0.3, -0.25) is 4.79 Å². The zero-order valence-electron chi connectivity index (χ0n) is 13.4. The summed E-state index contributed by atoms with van der Waals surface area (Å²) in [6.07, 6.45) is 6.86. The molecule has 0 unspecified atom stereocenters. The monoisotopic (exact) mass is 374 g/mol. The van der Waals surface area contributed by atoms with Crippen molar-refractivity contribution in [3.05, 3.63) is 28.8 Å². The number of hydrogen-bond acceptors (Lipinski definition) is 3. The Morgan fingerprint density at radius 1 is 1.30 bits per heavy atom. The molecular formula is C17H24Cl2N2OS. The van der Waals surface area contributed by atoms with Crippen LogP contribution in [0.5, 0.6) is 0 Å². The molecule has 1 aromatic rings. The van der Waals surface area contributed by atoms with E-state index in [1.165, 1.54) is 12.8 Å². The number of likely N-dealkylation sites (tertiary alicyclic amines) is 1. The lowest BCUT2D eigenvalue weighted by molar-refractivity contribution is 0.0705. The van der Waals surface area contributed by atoms with Crippen molar-refractivity contribution in [1.82, 2.24) is 10.2 Å². The maximum absolute atomic E-state index is 12.7. The van der Waals surface area contributed by atoms with Crippen LogP contribution in [0.2, 0.25) is 5.02 Å². The van der Waals surface area contributed by atoms with Crippen LogP contribution in [0.1, 0.15) is 36.0 Å². The summed E-state index contributed by atoms with van der Waals surface area (Å²) in [4.78, 5) is 15.7. The van der Waals surface area contributed by atoms with Gasteiger partial charge in [-0.1, -0.05) is 11.6 Å². The van der Waals surface area contributed by atoms with E-state index in [2.05, 4.69) is 5.32 Å². The van der Waals surface area contributed by atoms with Crippen molar-refractivity contribution in [2.24, 2.45) is 5.92 Å². The summed E-state index contributed by atoms with van der Waals surface area (Å²) in [5, 5.41) is 4.20. The second-order valence-corrected chi connectivity index (χ2v) is 7.55. The van der Waals surface area contributed by atoms with Crippen molar-refractivity contribution in [3.8, 4) is 0 Å². The molecule has 0 radical (unpaired) electrons. The van der Waals surface area contributed by atoms with Crippen LogP contribution in [0.4, 0.5) is 0 Å². The van der Waals surface area contributed by atoms with E-state index in [0.717, 1.165) is 43.3 Å². The van der Waals surface area contributed by atoms with Gasteiger partial charge in [0.1, 0.15) is 0 Å². The zero-order chi connectivity index (χ0) is 15.5. The molecule has 3 rings (SSSR count). The van der Waals surface area contributed by atoms with Crippen LogP contribution in [0.15, 0.2) is 23.1 Å². The first-order chi connectivity index (χ1) is 10.7. The minimum absolute atomic E-state index is 0. The molecule has 128 valence electrons. The number of carbonyl (C=O) groups is 1. The number of piperidine rings is 1. The van der Waals surface area contributed by atoms with Gasteiger partial charge in [-0.05, 0) is 62.6 Å². The SMILES string of the molecule is CSc1ccc(Cl)c(C(=O)N2CCC(NCC3CC3)CC2)c1.Cl. The second kappa shape index (κ2) is 8.61. The van der Waals surface area contributed by atoms with Crippen LogP contribution in [0, 0.1) is 5.92 Å². The van der Waals surface area contributed by atoms with Crippen molar-refractivity contribution in [3.63, 3.8) is 0 Å². The number of carbonyl (C=O) groups excluding carboxylic acids is 1. The Hall–Kier alpha value is -0.420. The van der Waals surface area contributed by atoms with Crippen LogP contribution in [-0.4, -0.2) is 42.7 Å². The molecule has 1 aliphatic carbocycles. The quantitative estimate of drug-likeness (QED) is 0.787. The first-order valence-electron chi connectivity index (χ1n) is 8.03. The van der Waals surface area contributed by atoms with Crippen LogP contribution in [0.3, 0.4) is 0 Å². The number of rotatable bonds is 5. The standard InChI is InChI=1S/C17H23ClN2OS.ClH/c1-22-14-4-5-16(18)15(10-14)17(21)20-8-6-13(7-9-20)19-11-12-2-3-12;/h4-5,10,12-13,19H,2-3,6-9,11H2,1H3;1H. The minimum atomic E-state index is 0. The largest absolute Gasteiger partial charge is 0.338 e. The Morgan fingerprint density at radius 2 is 2.00 bits per heavy atom. The van der Waals surface area contributed by atoms with Crippen LogP contribution in [-0.2, 0) is 0 Å².